The molecular weight excluding hydrogens is 320 g/mol. The quantitative estimate of drug-likeness (QED) is 0.771. The van der Waals surface area contributed by atoms with Crippen LogP contribution in [0.15, 0.2) is 29.2 Å². The number of fused-ring (bicyclic) bond motifs is 3. The van der Waals surface area contributed by atoms with Crippen LogP contribution in [-0.4, -0.2) is 52.5 Å². The molecule has 25 heavy (non-hydrogen) atoms. The maximum absolute atomic E-state index is 12.4. The molecular formula is C18H20N4O3. The molecule has 130 valence electrons. The third-order valence-electron chi connectivity index (χ3n) is 4.75. The number of aromatic amines is 1. The minimum absolute atomic E-state index is 0.0750. The van der Waals surface area contributed by atoms with E-state index < -0.39 is 0 Å². The second-order valence-electron chi connectivity index (χ2n) is 6.61. The van der Waals surface area contributed by atoms with Gasteiger partial charge in [0.1, 0.15) is 11.3 Å². The normalized spacial score (nSPS) is 15.8. The SMILES string of the molecule is CN(C)C(=O)c1ccc2[nH]c(=O)c3cnc(C4CCOCC4)n3c2c1. The Bertz CT molecular complexity index is 1010. The van der Waals surface area contributed by atoms with E-state index in [1.165, 1.54) is 4.90 Å². The molecule has 0 aliphatic carbocycles. The van der Waals surface area contributed by atoms with Crippen molar-refractivity contribution in [3.05, 3.63) is 46.1 Å². The first-order valence-corrected chi connectivity index (χ1v) is 8.39. The topological polar surface area (TPSA) is 79.7 Å². The molecule has 0 spiro atoms. The van der Waals surface area contributed by atoms with Gasteiger partial charge < -0.3 is 14.6 Å². The van der Waals surface area contributed by atoms with Gasteiger partial charge in [0.25, 0.3) is 11.5 Å². The highest BCUT2D eigenvalue weighted by Crippen LogP contribution is 2.28. The van der Waals surface area contributed by atoms with Crippen LogP contribution in [0.4, 0.5) is 0 Å². The van der Waals surface area contributed by atoms with Gasteiger partial charge >= 0.3 is 0 Å². The number of ether oxygens (including phenoxy) is 1. The van der Waals surface area contributed by atoms with Gasteiger partial charge in [-0.05, 0) is 31.0 Å². The zero-order valence-corrected chi connectivity index (χ0v) is 14.3. The van der Waals surface area contributed by atoms with Crippen molar-refractivity contribution in [2.75, 3.05) is 27.3 Å². The van der Waals surface area contributed by atoms with Crippen molar-refractivity contribution in [2.45, 2.75) is 18.8 Å². The smallest absolute Gasteiger partial charge is 0.274 e. The molecule has 0 unspecified atom stereocenters. The number of hydrogen-bond acceptors (Lipinski definition) is 4. The number of hydrogen-bond donors (Lipinski definition) is 1. The number of nitrogens with zero attached hydrogens (tertiary/aromatic N) is 3. The third-order valence-corrected chi connectivity index (χ3v) is 4.75. The van der Waals surface area contributed by atoms with Crippen molar-refractivity contribution in [1.29, 1.82) is 0 Å². The van der Waals surface area contributed by atoms with Crippen LogP contribution >= 0.6 is 0 Å². The van der Waals surface area contributed by atoms with Crippen molar-refractivity contribution in [2.24, 2.45) is 0 Å². The van der Waals surface area contributed by atoms with E-state index >= 15 is 0 Å². The number of carbonyl (C=O) groups excluding carboxylic acids is 1. The minimum Gasteiger partial charge on any atom is -0.381 e. The Balaban J connectivity index is 1.98. The van der Waals surface area contributed by atoms with Crippen molar-refractivity contribution in [3.63, 3.8) is 0 Å². The molecule has 1 aliphatic rings. The van der Waals surface area contributed by atoms with Crippen LogP contribution in [0.1, 0.15) is 34.9 Å². The van der Waals surface area contributed by atoms with Gasteiger partial charge in [-0.1, -0.05) is 0 Å². The van der Waals surface area contributed by atoms with E-state index in [-0.39, 0.29) is 17.4 Å². The minimum atomic E-state index is -0.176. The lowest BCUT2D eigenvalue weighted by molar-refractivity contribution is 0.0827. The van der Waals surface area contributed by atoms with E-state index in [0.717, 1.165) is 24.2 Å². The summed E-state index contributed by atoms with van der Waals surface area (Å²) < 4.78 is 7.34. The van der Waals surface area contributed by atoms with Crippen LogP contribution < -0.4 is 5.56 Å². The highest BCUT2D eigenvalue weighted by Gasteiger charge is 2.22. The fraction of sp³-hybridized carbons (Fsp3) is 0.389. The molecule has 2 aromatic heterocycles. The number of rotatable bonds is 2. The summed E-state index contributed by atoms with van der Waals surface area (Å²) in [5.74, 6) is 1.03. The lowest BCUT2D eigenvalue weighted by Crippen LogP contribution is -2.22. The number of carbonyl (C=O) groups is 1. The van der Waals surface area contributed by atoms with Gasteiger partial charge in [0.15, 0.2) is 0 Å². The molecule has 0 saturated carbocycles. The second-order valence-corrected chi connectivity index (χ2v) is 6.61. The van der Waals surface area contributed by atoms with Gasteiger partial charge in [-0.3, -0.25) is 14.0 Å². The predicted octanol–water partition coefficient (Wildman–Crippen LogP) is 1.77. The van der Waals surface area contributed by atoms with Gasteiger partial charge in [-0.15, -0.1) is 0 Å². The zero-order valence-electron chi connectivity index (χ0n) is 14.3. The van der Waals surface area contributed by atoms with Crippen LogP contribution in [0.5, 0.6) is 0 Å². The Kier molecular flexibility index (Phi) is 3.80. The molecule has 1 N–H and O–H groups in total. The van der Waals surface area contributed by atoms with Crippen molar-refractivity contribution in [3.8, 4) is 0 Å². The first-order valence-electron chi connectivity index (χ1n) is 8.39. The number of aromatic nitrogens is 3. The summed E-state index contributed by atoms with van der Waals surface area (Å²) in [7, 11) is 3.44. The largest absolute Gasteiger partial charge is 0.381 e. The highest BCUT2D eigenvalue weighted by atomic mass is 16.5. The van der Waals surface area contributed by atoms with E-state index in [9.17, 15) is 9.59 Å². The summed E-state index contributed by atoms with van der Waals surface area (Å²) >= 11 is 0. The summed E-state index contributed by atoms with van der Waals surface area (Å²) in [6, 6.07) is 5.34. The summed E-state index contributed by atoms with van der Waals surface area (Å²) in [6.45, 7) is 1.40. The first-order chi connectivity index (χ1) is 12.1. The van der Waals surface area contributed by atoms with Crippen molar-refractivity contribution >= 4 is 22.5 Å². The van der Waals surface area contributed by atoms with E-state index in [4.69, 9.17) is 4.74 Å². The maximum atomic E-state index is 12.4. The number of nitrogens with one attached hydrogen (secondary N) is 1. The number of imidazole rings is 1. The molecule has 0 bridgehead atoms. The molecule has 4 rings (SSSR count). The number of benzene rings is 1. The Labute approximate surface area is 144 Å². The van der Waals surface area contributed by atoms with Crippen LogP contribution in [0.3, 0.4) is 0 Å². The number of H-pyrrole nitrogens is 1. The van der Waals surface area contributed by atoms with Crippen molar-refractivity contribution < 1.29 is 9.53 Å². The summed E-state index contributed by atoms with van der Waals surface area (Å²) in [6.07, 6.45) is 3.37. The standard InChI is InChI=1S/C18H20N4O3/c1-21(2)18(24)12-3-4-13-14(9-12)22-15(17(23)20-13)10-19-16(22)11-5-7-25-8-6-11/h3-4,9-11H,5-8H2,1-2H3,(H,20,23). The average molecular weight is 340 g/mol. The molecule has 1 aromatic carbocycles. The molecule has 7 nitrogen and oxygen atoms in total. The molecule has 1 aliphatic heterocycles. The van der Waals surface area contributed by atoms with Crippen LogP contribution in [0, 0.1) is 0 Å². The first kappa shape index (κ1) is 15.8. The van der Waals surface area contributed by atoms with Gasteiger partial charge in [-0.2, -0.15) is 0 Å². The lowest BCUT2D eigenvalue weighted by Gasteiger charge is -2.21. The predicted molar refractivity (Wildman–Crippen MR) is 94.1 cm³/mol. The molecule has 1 amide bonds. The number of amides is 1. The summed E-state index contributed by atoms with van der Waals surface area (Å²) in [5.41, 5.74) is 2.39. The molecule has 0 radical (unpaired) electrons. The monoisotopic (exact) mass is 340 g/mol. The van der Waals surface area contributed by atoms with Crippen LogP contribution in [0.25, 0.3) is 16.6 Å². The third kappa shape index (κ3) is 2.60. The molecule has 3 aromatic rings. The highest BCUT2D eigenvalue weighted by molar-refractivity contribution is 5.97. The van der Waals surface area contributed by atoms with Gasteiger partial charge in [0, 0.05) is 38.8 Å². The fourth-order valence-corrected chi connectivity index (χ4v) is 3.42. The molecule has 3 heterocycles. The summed E-state index contributed by atoms with van der Waals surface area (Å²) in [4.78, 5) is 33.7. The summed E-state index contributed by atoms with van der Waals surface area (Å²) in [5, 5.41) is 0. The molecule has 0 atom stereocenters. The van der Waals surface area contributed by atoms with Crippen LogP contribution in [-0.2, 0) is 4.74 Å². The molecule has 7 heteroatoms. The van der Waals surface area contributed by atoms with E-state index in [2.05, 4.69) is 9.97 Å². The zero-order chi connectivity index (χ0) is 17.6. The van der Waals surface area contributed by atoms with E-state index in [1.54, 1.807) is 32.4 Å². The van der Waals surface area contributed by atoms with Gasteiger partial charge in [0.05, 0.1) is 17.2 Å². The van der Waals surface area contributed by atoms with Gasteiger partial charge in [0.2, 0.25) is 0 Å². The van der Waals surface area contributed by atoms with Crippen LogP contribution in [0.2, 0.25) is 0 Å². The Morgan fingerprint density at radius 1 is 1.28 bits per heavy atom. The van der Waals surface area contributed by atoms with E-state index in [0.29, 0.717) is 29.8 Å². The molecule has 1 saturated heterocycles. The lowest BCUT2D eigenvalue weighted by atomic mass is 9.99. The second kappa shape index (κ2) is 6.00. The Hall–Kier alpha value is -2.67. The fourth-order valence-electron chi connectivity index (χ4n) is 3.42. The van der Waals surface area contributed by atoms with Gasteiger partial charge in [-0.25, -0.2) is 4.98 Å². The molecule has 1 fully saturated rings. The average Bonchev–Trinajstić information content (AvgIpc) is 3.07. The van der Waals surface area contributed by atoms with Crippen molar-refractivity contribution in [1.82, 2.24) is 19.3 Å². The maximum Gasteiger partial charge on any atom is 0.274 e. The van der Waals surface area contributed by atoms with E-state index in [1.807, 2.05) is 10.5 Å². The Morgan fingerprint density at radius 2 is 2.04 bits per heavy atom. The Morgan fingerprint density at radius 3 is 2.76 bits per heavy atom.